The molecule has 1 amide bonds. The van der Waals surface area contributed by atoms with Crippen LogP contribution in [-0.4, -0.2) is 27.8 Å². The van der Waals surface area contributed by atoms with Crippen LogP contribution in [0.3, 0.4) is 0 Å². The number of benzene rings is 2. The van der Waals surface area contributed by atoms with Crippen LogP contribution in [0.15, 0.2) is 65.3 Å². The van der Waals surface area contributed by atoms with Crippen LogP contribution < -0.4 is 5.32 Å². The number of carbonyl (C=O) groups excluding carboxylic acids is 1. The van der Waals surface area contributed by atoms with Gasteiger partial charge in [0.1, 0.15) is 11.8 Å². The van der Waals surface area contributed by atoms with Crippen molar-refractivity contribution < 1.29 is 9.90 Å². The molecule has 3 rings (SSSR count). The lowest BCUT2D eigenvalue weighted by molar-refractivity contribution is -0.124. The number of phenolic OH excluding ortho intramolecular Hbond substituents is 1. The summed E-state index contributed by atoms with van der Waals surface area (Å²) in [6, 6.07) is 16.2. The molecule has 0 radical (unpaired) electrons. The first kappa shape index (κ1) is 17.2. The summed E-state index contributed by atoms with van der Waals surface area (Å²) in [6.45, 7) is 0. The SMILES string of the molecule is CNC(=O)C(Cc1cccc(Br)c1)n1ccc(-c2cccc(O)c2)n1. The molecule has 0 saturated heterocycles. The number of hydrogen-bond acceptors (Lipinski definition) is 3. The van der Waals surface area contributed by atoms with E-state index in [0.29, 0.717) is 12.1 Å². The number of aromatic hydroxyl groups is 1. The third kappa shape index (κ3) is 4.09. The Labute approximate surface area is 154 Å². The van der Waals surface area contributed by atoms with Crippen molar-refractivity contribution >= 4 is 21.8 Å². The van der Waals surface area contributed by atoms with E-state index in [-0.39, 0.29) is 11.7 Å². The molecular formula is C19H18BrN3O2. The zero-order chi connectivity index (χ0) is 17.8. The molecule has 128 valence electrons. The van der Waals surface area contributed by atoms with Gasteiger partial charge in [-0.25, -0.2) is 0 Å². The number of halogens is 1. The third-order valence-corrected chi connectivity index (χ3v) is 4.43. The van der Waals surface area contributed by atoms with Crippen molar-refractivity contribution in [3.05, 3.63) is 70.8 Å². The lowest BCUT2D eigenvalue weighted by Crippen LogP contribution is -2.31. The Morgan fingerprint density at radius 3 is 2.76 bits per heavy atom. The second kappa shape index (κ2) is 7.53. The number of carbonyl (C=O) groups is 1. The van der Waals surface area contributed by atoms with E-state index in [4.69, 9.17) is 0 Å². The van der Waals surface area contributed by atoms with E-state index in [0.717, 1.165) is 15.6 Å². The zero-order valence-corrected chi connectivity index (χ0v) is 15.3. The van der Waals surface area contributed by atoms with Gasteiger partial charge in [-0.15, -0.1) is 0 Å². The van der Waals surface area contributed by atoms with E-state index < -0.39 is 6.04 Å². The molecule has 6 heteroatoms. The number of amides is 1. The highest BCUT2D eigenvalue weighted by Gasteiger charge is 2.21. The number of likely N-dealkylation sites (N-methyl/N-ethyl adjacent to an activating group) is 1. The lowest BCUT2D eigenvalue weighted by Gasteiger charge is -2.16. The number of rotatable bonds is 5. The highest BCUT2D eigenvalue weighted by Crippen LogP contribution is 2.24. The summed E-state index contributed by atoms with van der Waals surface area (Å²) in [7, 11) is 1.62. The van der Waals surface area contributed by atoms with Gasteiger partial charge >= 0.3 is 0 Å². The summed E-state index contributed by atoms with van der Waals surface area (Å²) in [5, 5.41) is 16.9. The van der Waals surface area contributed by atoms with Crippen molar-refractivity contribution in [2.24, 2.45) is 0 Å². The van der Waals surface area contributed by atoms with Gasteiger partial charge in [0.15, 0.2) is 0 Å². The minimum Gasteiger partial charge on any atom is -0.508 e. The monoisotopic (exact) mass is 399 g/mol. The highest BCUT2D eigenvalue weighted by molar-refractivity contribution is 9.10. The first-order valence-corrected chi connectivity index (χ1v) is 8.66. The Morgan fingerprint density at radius 2 is 2.04 bits per heavy atom. The molecule has 2 N–H and O–H groups in total. The Hall–Kier alpha value is -2.60. The normalized spacial score (nSPS) is 11.9. The number of phenols is 1. The molecule has 1 atom stereocenters. The summed E-state index contributed by atoms with van der Waals surface area (Å²) < 4.78 is 2.64. The minimum absolute atomic E-state index is 0.106. The summed E-state index contributed by atoms with van der Waals surface area (Å²) >= 11 is 3.46. The average Bonchev–Trinajstić information content (AvgIpc) is 3.09. The largest absolute Gasteiger partial charge is 0.508 e. The van der Waals surface area contributed by atoms with Crippen LogP contribution in [0.25, 0.3) is 11.3 Å². The third-order valence-electron chi connectivity index (χ3n) is 3.94. The maximum absolute atomic E-state index is 12.4. The molecule has 0 aliphatic carbocycles. The van der Waals surface area contributed by atoms with Crippen LogP contribution in [0.1, 0.15) is 11.6 Å². The van der Waals surface area contributed by atoms with Crippen molar-refractivity contribution in [1.29, 1.82) is 0 Å². The van der Waals surface area contributed by atoms with Crippen LogP contribution in [0.4, 0.5) is 0 Å². The predicted molar refractivity (Wildman–Crippen MR) is 100 cm³/mol. The van der Waals surface area contributed by atoms with E-state index in [1.54, 1.807) is 36.1 Å². The van der Waals surface area contributed by atoms with Crippen molar-refractivity contribution in [1.82, 2.24) is 15.1 Å². The summed E-state index contributed by atoms with van der Waals surface area (Å²) in [4.78, 5) is 12.4. The van der Waals surface area contributed by atoms with Gasteiger partial charge in [-0.3, -0.25) is 9.48 Å². The fourth-order valence-electron chi connectivity index (χ4n) is 2.69. The van der Waals surface area contributed by atoms with Gasteiger partial charge < -0.3 is 10.4 Å². The second-order valence-corrected chi connectivity index (χ2v) is 6.61. The maximum atomic E-state index is 12.4. The fourth-order valence-corrected chi connectivity index (χ4v) is 3.14. The van der Waals surface area contributed by atoms with Gasteiger partial charge in [0.25, 0.3) is 0 Å². The molecule has 2 aromatic carbocycles. The molecule has 0 spiro atoms. The summed E-state index contributed by atoms with van der Waals surface area (Å²) in [6.07, 6.45) is 2.32. The van der Waals surface area contributed by atoms with Crippen molar-refractivity contribution in [3.63, 3.8) is 0 Å². The molecule has 0 bridgehead atoms. The Morgan fingerprint density at radius 1 is 1.24 bits per heavy atom. The first-order valence-electron chi connectivity index (χ1n) is 7.87. The van der Waals surface area contributed by atoms with Gasteiger partial charge in [0.2, 0.25) is 5.91 Å². The molecule has 3 aromatic rings. The molecule has 25 heavy (non-hydrogen) atoms. The standard InChI is InChI=1S/C19H18BrN3O2/c1-21-19(25)18(11-13-4-2-6-15(20)10-13)23-9-8-17(22-23)14-5-3-7-16(24)12-14/h2-10,12,18,24H,11H2,1H3,(H,21,25). The quantitative estimate of drug-likeness (QED) is 0.689. The molecule has 5 nitrogen and oxygen atoms in total. The van der Waals surface area contributed by atoms with Gasteiger partial charge in [0.05, 0.1) is 5.69 Å². The van der Waals surface area contributed by atoms with E-state index in [9.17, 15) is 9.90 Å². The maximum Gasteiger partial charge on any atom is 0.244 e. The van der Waals surface area contributed by atoms with Crippen molar-refractivity contribution in [3.8, 4) is 17.0 Å². The smallest absolute Gasteiger partial charge is 0.244 e. The van der Waals surface area contributed by atoms with Crippen molar-refractivity contribution in [2.75, 3.05) is 7.05 Å². The van der Waals surface area contributed by atoms with E-state index in [1.165, 1.54) is 0 Å². The number of hydrogen-bond donors (Lipinski definition) is 2. The van der Waals surface area contributed by atoms with Crippen LogP contribution in [0, 0.1) is 0 Å². The molecule has 0 aliphatic heterocycles. The second-order valence-electron chi connectivity index (χ2n) is 5.70. The lowest BCUT2D eigenvalue weighted by atomic mass is 10.1. The molecule has 1 aromatic heterocycles. The van der Waals surface area contributed by atoms with Crippen LogP contribution in [0.2, 0.25) is 0 Å². The van der Waals surface area contributed by atoms with Gasteiger partial charge in [0, 0.05) is 29.7 Å². The number of nitrogens with zero attached hydrogens (tertiary/aromatic N) is 2. The Bertz CT molecular complexity index is 892. The van der Waals surface area contributed by atoms with E-state index in [1.807, 2.05) is 36.4 Å². The first-order chi connectivity index (χ1) is 12.1. The number of nitrogens with one attached hydrogen (secondary N) is 1. The van der Waals surface area contributed by atoms with E-state index in [2.05, 4.69) is 26.3 Å². The Kier molecular flexibility index (Phi) is 5.19. The van der Waals surface area contributed by atoms with Gasteiger partial charge in [-0.05, 0) is 35.9 Å². The fraction of sp³-hybridized carbons (Fsp3) is 0.158. The minimum atomic E-state index is -0.453. The number of aromatic nitrogens is 2. The average molecular weight is 400 g/mol. The van der Waals surface area contributed by atoms with Crippen molar-refractivity contribution in [2.45, 2.75) is 12.5 Å². The summed E-state index contributed by atoms with van der Waals surface area (Å²) in [5.74, 6) is 0.0783. The molecule has 0 saturated carbocycles. The molecule has 0 fully saturated rings. The van der Waals surface area contributed by atoms with Gasteiger partial charge in [-0.1, -0.05) is 40.2 Å². The zero-order valence-electron chi connectivity index (χ0n) is 13.7. The molecule has 1 unspecified atom stereocenters. The van der Waals surface area contributed by atoms with Gasteiger partial charge in [-0.2, -0.15) is 5.10 Å². The molecule has 1 heterocycles. The topological polar surface area (TPSA) is 67.2 Å². The Balaban J connectivity index is 1.91. The summed E-state index contributed by atoms with van der Waals surface area (Å²) in [5.41, 5.74) is 2.55. The highest BCUT2D eigenvalue weighted by atomic mass is 79.9. The van der Waals surface area contributed by atoms with E-state index >= 15 is 0 Å². The predicted octanol–water partition coefficient (Wildman–Crippen LogP) is 3.55. The van der Waals surface area contributed by atoms with Crippen LogP contribution >= 0.6 is 15.9 Å². The van der Waals surface area contributed by atoms with Crippen LogP contribution in [-0.2, 0) is 11.2 Å². The molecule has 0 aliphatic rings. The molecular weight excluding hydrogens is 382 g/mol. The van der Waals surface area contributed by atoms with Crippen LogP contribution in [0.5, 0.6) is 5.75 Å².